The molecule has 1 fully saturated rings. The van der Waals surface area contributed by atoms with E-state index in [0.29, 0.717) is 17.7 Å². The van der Waals surface area contributed by atoms with E-state index in [2.05, 4.69) is 60.8 Å². The monoisotopic (exact) mass is 869 g/mol. The fourth-order valence-corrected chi connectivity index (χ4v) is 6.23. The van der Waals surface area contributed by atoms with Crippen LogP contribution in [0, 0.1) is 0 Å². The third-order valence-corrected chi connectivity index (χ3v) is 9.13. The summed E-state index contributed by atoms with van der Waals surface area (Å²) in [6.45, 7) is 32.2. The summed E-state index contributed by atoms with van der Waals surface area (Å²) < 4.78 is 42.4. The predicted octanol–water partition coefficient (Wildman–Crippen LogP) is 8.93. The summed E-state index contributed by atoms with van der Waals surface area (Å²) in [7, 11) is -3.28. The lowest BCUT2D eigenvalue weighted by Gasteiger charge is -2.18. The Bertz CT molecular complexity index is 1850. The molecule has 3 aromatic rings. The van der Waals surface area contributed by atoms with Gasteiger partial charge < -0.3 is 29.7 Å². The van der Waals surface area contributed by atoms with Crippen molar-refractivity contribution in [3.05, 3.63) is 108 Å². The fraction of sp³-hybridized carbons (Fsp3) is 0.531. The lowest BCUT2D eigenvalue weighted by Crippen LogP contribution is -2.39. The number of carbonyl (C=O) groups is 1. The first kappa shape index (κ1) is 55.0. The molecule has 2 unspecified atom stereocenters. The van der Waals surface area contributed by atoms with Crippen LogP contribution >= 0.6 is 0 Å². The van der Waals surface area contributed by atoms with Gasteiger partial charge in [0.2, 0.25) is 5.91 Å². The summed E-state index contributed by atoms with van der Waals surface area (Å²) in [6, 6.07) is 26.2. The molecular weight excluding hydrogens is 793 g/mol. The van der Waals surface area contributed by atoms with Crippen LogP contribution in [0.25, 0.3) is 11.1 Å². The minimum Gasteiger partial charge on any atom is -0.491 e. The Balaban J connectivity index is 0.000000597. The Hall–Kier alpha value is -4.04. The Morgan fingerprint density at radius 2 is 1.23 bits per heavy atom. The van der Waals surface area contributed by atoms with Crippen LogP contribution in [0.5, 0.6) is 11.5 Å². The van der Waals surface area contributed by atoms with Gasteiger partial charge in [-0.25, -0.2) is 0 Å². The van der Waals surface area contributed by atoms with Gasteiger partial charge in [-0.1, -0.05) is 68.1 Å². The van der Waals surface area contributed by atoms with Crippen molar-refractivity contribution in [2.24, 2.45) is 0 Å². The maximum atomic E-state index is 10.6. The van der Waals surface area contributed by atoms with Crippen LogP contribution in [0.1, 0.15) is 113 Å². The highest BCUT2D eigenvalue weighted by atomic mass is 32.2. The number of aliphatic hydroxyl groups excluding tert-OH is 2. The zero-order chi connectivity index (χ0) is 46.6. The predicted molar refractivity (Wildman–Crippen MR) is 250 cm³/mol. The number of carbonyl (C=O) groups excluding carboxylic acids is 1. The number of benzene rings is 3. The number of hydrogen-bond acceptors (Lipinski definition) is 10. The Morgan fingerprint density at radius 3 is 1.52 bits per heavy atom. The first-order valence-corrected chi connectivity index (χ1v) is 22.8. The van der Waals surface area contributed by atoms with Gasteiger partial charge in [-0.05, 0) is 148 Å². The van der Waals surface area contributed by atoms with Gasteiger partial charge in [0.1, 0.15) is 30.8 Å². The molecule has 1 heterocycles. The second-order valence-corrected chi connectivity index (χ2v) is 19.7. The van der Waals surface area contributed by atoms with Gasteiger partial charge >= 0.3 is 0 Å². The van der Waals surface area contributed by atoms with Crippen molar-refractivity contribution >= 4 is 27.2 Å². The van der Waals surface area contributed by atoms with Crippen LogP contribution in [0.15, 0.2) is 91.5 Å². The molecule has 1 saturated heterocycles. The number of aliphatic hydroxyl groups is 2. The van der Waals surface area contributed by atoms with Crippen molar-refractivity contribution in [1.29, 1.82) is 0 Å². The van der Waals surface area contributed by atoms with E-state index in [1.54, 1.807) is 20.8 Å². The number of nitrogens with zero attached hydrogens (tertiary/aromatic N) is 1. The standard InChI is InChI=1S/C31H38O5.C7H13NO.C6H13N.C5H12O3S/c1-5-27(32)19-35-29-15-11-25(12-16-29)31(23(4)24-9-7-6-8-10-24)26-13-17-30(18-14-26)36-21-28(33)20-34-22(2)3;1-5-6(9)8-7(2,3)4;1-6(2,3)7-4-5-7;1-5(2,3)8-9(4,6)7/h6-18,22,27-28,32-33H,5,19-21H2,1-4H3;5H,1H2,2-4H3,(H,8,9);4-5H2,1-3H3;1-4H3/b31-23+;;;. The highest BCUT2D eigenvalue weighted by Crippen LogP contribution is 2.34. The number of nitrogens with one attached hydrogen (secondary N) is 1. The topological polar surface area (TPSA) is 144 Å². The first-order chi connectivity index (χ1) is 28.1. The van der Waals surface area contributed by atoms with E-state index in [1.165, 1.54) is 19.2 Å². The van der Waals surface area contributed by atoms with Crippen LogP contribution in [-0.2, 0) is 23.8 Å². The molecule has 12 heteroatoms. The van der Waals surface area contributed by atoms with Crippen LogP contribution in [0.4, 0.5) is 0 Å². The molecule has 3 aromatic carbocycles. The molecule has 1 aliphatic heterocycles. The van der Waals surface area contributed by atoms with Crippen molar-refractivity contribution in [1.82, 2.24) is 10.2 Å². The van der Waals surface area contributed by atoms with E-state index in [4.69, 9.17) is 14.2 Å². The van der Waals surface area contributed by atoms with Crippen molar-refractivity contribution in [3.63, 3.8) is 0 Å². The molecule has 0 bridgehead atoms. The largest absolute Gasteiger partial charge is 0.491 e. The number of allylic oxidation sites excluding steroid dienone is 1. The summed E-state index contributed by atoms with van der Waals surface area (Å²) in [5.41, 5.74) is 5.22. The average Bonchev–Trinajstić information content (AvgIpc) is 4.02. The highest BCUT2D eigenvalue weighted by Gasteiger charge is 2.29. The molecule has 0 saturated carbocycles. The Kier molecular flexibility index (Phi) is 23.2. The minimum absolute atomic E-state index is 0.0700. The second-order valence-electron chi connectivity index (χ2n) is 18.1. The van der Waals surface area contributed by atoms with Crippen LogP contribution in [0.2, 0.25) is 0 Å². The molecule has 1 amide bonds. The number of amides is 1. The molecule has 0 radical (unpaired) electrons. The zero-order valence-corrected chi connectivity index (χ0v) is 40.2. The van der Waals surface area contributed by atoms with Crippen molar-refractivity contribution in [2.45, 2.75) is 131 Å². The van der Waals surface area contributed by atoms with Crippen LogP contribution < -0.4 is 14.8 Å². The number of ether oxygens (including phenoxy) is 3. The van der Waals surface area contributed by atoms with Gasteiger partial charge in [-0.15, -0.1) is 0 Å². The second kappa shape index (κ2) is 25.8. The van der Waals surface area contributed by atoms with Gasteiger partial charge in [0.05, 0.1) is 30.7 Å². The lowest BCUT2D eigenvalue weighted by atomic mass is 9.90. The third-order valence-electron chi connectivity index (χ3n) is 8.33. The summed E-state index contributed by atoms with van der Waals surface area (Å²) in [6.07, 6.45) is 1.89. The molecule has 2 atom stereocenters. The third kappa shape index (κ3) is 26.1. The number of rotatable bonds is 15. The van der Waals surface area contributed by atoms with Gasteiger partial charge in [0, 0.05) is 24.2 Å². The quantitative estimate of drug-likeness (QED) is 0.0587. The minimum atomic E-state index is -3.28. The zero-order valence-electron chi connectivity index (χ0n) is 39.4. The average molecular weight is 869 g/mol. The Labute approximate surface area is 368 Å². The van der Waals surface area contributed by atoms with E-state index in [-0.39, 0.29) is 37.4 Å². The highest BCUT2D eigenvalue weighted by molar-refractivity contribution is 7.86. The molecule has 1 aliphatic rings. The van der Waals surface area contributed by atoms with Gasteiger partial charge in [-0.2, -0.15) is 8.42 Å². The van der Waals surface area contributed by atoms with Crippen molar-refractivity contribution in [3.8, 4) is 11.5 Å². The fourth-order valence-electron chi connectivity index (χ4n) is 5.32. The molecule has 342 valence electrons. The maximum Gasteiger partial charge on any atom is 0.264 e. The Morgan fingerprint density at radius 1 is 0.770 bits per heavy atom. The summed E-state index contributed by atoms with van der Waals surface area (Å²) in [5, 5.41) is 22.6. The van der Waals surface area contributed by atoms with E-state index < -0.39 is 27.9 Å². The van der Waals surface area contributed by atoms with E-state index in [0.717, 1.165) is 39.8 Å². The number of hydrogen-bond donors (Lipinski definition) is 3. The summed E-state index contributed by atoms with van der Waals surface area (Å²) >= 11 is 0. The van der Waals surface area contributed by atoms with Crippen LogP contribution in [-0.4, -0.2) is 104 Å². The lowest BCUT2D eigenvalue weighted by molar-refractivity contribution is -0.117. The molecule has 4 rings (SSSR count). The van der Waals surface area contributed by atoms with Gasteiger partial charge in [-0.3, -0.25) is 13.9 Å². The molecule has 3 N–H and O–H groups in total. The summed E-state index contributed by atoms with van der Waals surface area (Å²) in [4.78, 5) is 13.0. The molecule has 61 heavy (non-hydrogen) atoms. The molecule has 0 spiro atoms. The van der Waals surface area contributed by atoms with Crippen molar-refractivity contribution in [2.75, 3.05) is 39.2 Å². The van der Waals surface area contributed by atoms with E-state index >= 15 is 0 Å². The molecular formula is C49H76N2O9S. The molecule has 0 aliphatic carbocycles. The molecule has 0 aromatic heterocycles. The smallest absolute Gasteiger partial charge is 0.264 e. The maximum absolute atomic E-state index is 10.6. The summed E-state index contributed by atoms with van der Waals surface area (Å²) in [5.74, 6) is 1.30. The normalized spacial score (nSPS) is 14.3. The first-order valence-electron chi connectivity index (χ1n) is 20.9. The molecule has 11 nitrogen and oxygen atoms in total. The van der Waals surface area contributed by atoms with Crippen molar-refractivity contribution < 1.29 is 41.8 Å². The van der Waals surface area contributed by atoms with E-state index in [1.807, 2.05) is 108 Å². The van der Waals surface area contributed by atoms with Gasteiger partial charge in [0.15, 0.2) is 0 Å². The van der Waals surface area contributed by atoms with Crippen LogP contribution in [0.3, 0.4) is 0 Å². The van der Waals surface area contributed by atoms with Gasteiger partial charge in [0.25, 0.3) is 10.1 Å². The van der Waals surface area contributed by atoms with E-state index in [9.17, 15) is 23.4 Å². The SMILES string of the molecule is C=CC(=O)NC(C)(C)C.CC(C)(C)N1CC1.CC(C)(C)OS(C)(=O)=O.CCC(O)COc1ccc(/C(=C(/C)c2ccccc2)c2ccc(OCC(O)COC(C)C)cc2)cc1.